The molecule has 0 aromatic heterocycles. The van der Waals surface area contributed by atoms with Crippen molar-refractivity contribution in [2.45, 2.75) is 30.4 Å². The molecule has 0 spiro atoms. The van der Waals surface area contributed by atoms with E-state index in [2.05, 4.69) is 5.32 Å². The smallest absolute Gasteiger partial charge is 0.288 e. The van der Waals surface area contributed by atoms with Crippen molar-refractivity contribution in [2.24, 2.45) is 5.92 Å². The van der Waals surface area contributed by atoms with E-state index in [-0.39, 0.29) is 24.2 Å². The predicted octanol–water partition coefficient (Wildman–Crippen LogP) is 4.84. The fraction of sp³-hybridized carbons (Fsp3) is 0.364. The number of hydrogen-bond donors (Lipinski definition) is 1. The van der Waals surface area contributed by atoms with E-state index < -0.39 is 5.76 Å². The highest BCUT2D eigenvalue weighted by atomic mass is 32.2. The first-order valence-electron chi connectivity index (χ1n) is 9.58. The Bertz CT molecular complexity index is 833. The molecule has 2 aromatic rings. The Hall–Kier alpha value is -2.25. The highest BCUT2D eigenvalue weighted by molar-refractivity contribution is 7.99. The molecule has 4 nitrogen and oxygen atoms in total. The largest absolute Gasteiger partial charge is 0.325 e. The van der Waals surface area contributed by atoms with Crippen molar-refractivity contribution in [1.29, 1.82) is 0 Å². The number of Topliss-reactive ketones (excluding diaryl/α,β-unsaturated/α-hetero) is 1. The Morgan fingerprint density at radius 1 is 1.07 bits per heavy atom. The zero-order valence-electron chi connectivity index (χ0n) is 16.2. The Kier molecular flexibility index (Phi) is 7.39. The van der Waals surface area contributed by atoms with Gasteiger partial charge in [-0.3, -0.25) is 14.5 Å². The van der Waals surface area contributed by atoms with Gasteiger partial charge in [0.2, 0.25) is 5.91 Å². The van der Waals surface area contributed by atoms with Crippen LogP contribution >= 0.6 is 11.8 Å². The molecule has 1 saturated heterocycles. The van der Waals surface area contributed by atoms with E-state index in [4.69, 9.17) is 0 Å². The molecule has 3 rings (SSSR count). The van der Waals surface area contributed by atoms with Crippen molar-refractivity contribution in [3.8, 4) is 0 Å². The Morgan fingerprint density at radius 2 is 1.69 bits per heavy atom. The van der Waals surface area contributed by atoms with Crippen molar-refractivity contribution >= 4 is 29.1 Å². The van der Waals surface area contributed by atoms with Gasteiger partial charge in [0.25, 0.3) is 5.76 Å². The second-order valence-corrected chi connectivity index (χ2v) is 8.30. The first-order valence-corrected chi connectivity index (χ1v) is 10.5. The number of likely N-dealkylation sites (tertiary alicyclic amines) is 1. The highest BCUT2D eigenvalue weighted by Crippen LogP contribution is 2.26. The minimum Gasteiger partial charge on any atom is -0.325 e. The summed E-state index contributed by atoms with van der Waals surface area (Å²) >= 11 is 0.474. The first-order chi connectivity index (χ1) is 13.9. The molecule has 154 valence electrons. The summed E-state index contributed by atoms with van der Waals surface area (Å²) in [5.74, 6) is -2.44. The number of nitrogens with one attached hydrogen (secondary N) is 1. The number of carbonyl (C=O) groups excluding carboxylic acids is 2. The van der Waals surface area contributed by atoms with Gasteiger partial charge in [0, 0.05) is 22.1 Å². The minimum atomic E-state index is -2.46. The zero-order chi connectivity index (χ0) is 20.8. The van der Waals surface area contributed by atoms with Gasteiger partial charge >= 0.3 is 0 Å². The number of halogens is 2. The third-order valence-electron chi connectivity index (χ3n) is 5.02. The molecular weight excluding hydrogens is 394 g/mol. The van der Waals surface area contributed by atoms with Crippen LogP contribution in [0, 0.1) is 12.8 Å². The van der Waals surface area contributed by atoms with E-state index in [1.165, 1.54) is 0 Å². The number of piperidine rings is 1. The summed E-state index contributed by atoms with van der Waals surface area (Å²) in [5.41, 5.74) is 2.46. The third kappa shape index (κ3) is 6.37. The molecule has 29 heavy (non-hydrogen) atoms. The van der Waals surface area contributed by atoms with Crippen molar-refractivity contribution in [3.05, 3.63) is 59.7 Å². The summed E-state index contributed by atoms with van der Waals surface area (Å²) in [6.45, 7) is 3.63. The summed E-state index contributed by atoms with van der Waals surface area (Å²) in [7, 11) is 0. The molecule has 0 radical (unpaired) electrons. The average Bonchev–Trinajstić information content (AvgIpc) is 2.70. The number of hydrogen-bond acceptors (Lipinski definition) is 4. The Balaban J connectivity index is 1.44. The fourth-order valence-corrected chi connectivity index (χ4v) is 3.93. The van der Waals surface area contributed by atoms with E-state index in [0.29, 0.717) is 35.4 Å². The lowest BCUT2D eigenvalue weighted by Crippen LogP contribution is -2.40. The monoisotopic (exact) mass is 418 g/mol. The van der Waals surface area contributed by atoms with Crippen LogP contribution in [-0.2, 0) is 4.79 Å². The molecule has 0 bridgehead atoms. The molecule has 0 aliphatic carbocycles. The molecule has 1 aliphatic heterocycles. The van der Waals surface area contributed by atoms with Crippen LogP contribution in [0.3, 0.4) is 0 Å². The Morgan fingerprint density at radius 3 is 2.28 bits per heavy atom. The summed E-state index contributed by atoms with van der Waals surface area (Å²) in [6.07, 6.45) is 1.47. The van der Waals surface area contributed by atoms with Crippen LogP contribution in [0.5, 0.6) is 0 Å². The predicted molar refractivity (Wildman–Crippen MR) is 112 cm³/mol. The van der Waals surface area contributed by atoms with Crippen LogP contribution in [0.4, 0.5) is 14.5 Å². The summed E-state index contributed by atoms with van der Waals surface area (Å²) < 4.78 is 24.7. The number of amides is 1. The third-order valence-corrected chi connectivity index (χ3v) is 5.75. The molecule has 1 amide bonds. The van der Waals surface area contributed by atoms with E-state index in [0.717, 1.165) is 24.0 Å². The van der Waals surface area contributed by atoms with Crippen molar-refractivity contribution in [2.75, 3.05) is 25.0 Å². The second-order valence-electron chi connectivity index (χ2n) is 7.23. The van der Waals surface area contributed by atoms with Gasteiger partial charge in [0.1, 0.15) is 0 Å². The van der Waals surface area contributed by atoms with Crippen LogP contribution in [0.25, 0.3) is 0 Å². The number of benzene rings is 2. The minimum absolute atomic E-state index is 0.00287. The number of nitrogens with zero attached hydrogens (tertiary/aromatic N) is 1. The van der Waals surface area contributed by atoms with Gasteiger partial charge in [-0.2, -0.15) is 8.78 Å². The van der Waals surface area contributed by atoms with E-state index in [1.807, 2.05) is 36.1 Å². The lowest BCUT2D eigenvalue weighted by atomic mass is 9.88. The van der Waals surface area contributed by atoms with Gasteiger partial charge in [-0.15, -0.1) is 0 Å². The molecule has 1 aliphatic rings. The maximum absolute atomic E-state index is 12.6. The number of ketones is 1. The van der Waals surface area contributed by atoms with Crippen LogP contribution < -0.4 is 5.32 Å². The molecule has 1 N–H and O–H groups in total. The molecular formula is C22H24F2N2O2S. The van der Waals surface area contributed by atoms with E-state index in [9.17, 15) is 18.4 Å². The zero-order valence-corrected chi connectivity index (χ0v) is 17.1. The van der Waals surface area contributed by atoms with E-state index >= 15 is 0 Å². The maximum Gasteiger partial charge on any atom is 0.288 e. The normalized spacial score (nSPS) is 15.4. The van der Waals surface area contributed by atoms with Crippen LogP contribution in [0.15, 0.2) is 53.4 Å². The molecule has 7 heteroatoms. The van der Waals surface area contributed by atoms with Gasteiger partial charge in [-0.1, -0.05) is 41.6 Å². The maximum atomic E-state index is 12.6. The van der Waals surface area contributed by atoms with Crippen LogP contribution in [0.1, 0.15) is 28.8 Å². The fourth-order valence-electron chi connectivity index (χ4n) is 3.43. The molecule has 0 atom stereocenters. The van der Waals surface area contributed by atoms with Gasteiger partial charge in [-0.05, 0) is 57.1 Å². The SMILES string of the molecule is Cc1ccc(C(=O)C2CCN(CC(=O)Nc3ccc(SC(F)F)cc3)CC2)cc1. The van der Waals surface area contributed by atoms with Gasteiger partial charge < -0.3 is 5.32 Å². The number of thioether (sulfide) groups is 1. The number of rotatable bonds is 7. The lowest BCUT2D eigenvalue weighted by molar-refractivity contribution is -0.117. The van der Waals surface area contributed by atoms with Gasteiger partial charge in [-0.25, -0.2) is 0 Å². The highest BCUT2D eigenvalue weighted by Gasteiger charge is 2.26. The number of aryl methyl sites for hydroxylation is 1. The summed E-state index contributed by atoms with van der Waals surface area (Å²) in [6, 6.07) is 14.0. The van der Waals surface area contributed by atoms with Gasteiger partial charge in [0.15, 0.2) is 5.78 Å². The molecule has 2 aromatic carbocycles. The van der Waals surface area contributed by atoms with Crippen LogP contribution in [0.2, 0.25) is 0 Å². The van der Waals surface area contributed by atoms with Crippen molar-refractivity contribution in [1.82, 2.24) is 4.90 Å². The summed E-state index contributed by atoms with van der Waals surface area (Å²) in [5, 5.41) is 2.79. The van der Waals surface area contributed by atoms with Crippen LogP contribution in [-0.4, -0.2) is 42.0 Å². The van der Waals surface area contributed by atoms with Crippen molar-refractivity contribution < 1.29 is 18.4 Å². The average molecular weight is 419 g/mol. The Labute approximate surface area is 173 Å². The lowest BCUT2D eigenvalue weighted by Gasteiger charge is -2.30. The van der Waals surface area contributed by atoms with E-state index in [1.54, 1.807) is 24.3 Å². The number of alkyl halides is 2. The number of carbonyl (C=O) groups is 2. The molecule has 1 fully saturated rings. The molecule has 0 saturated carbocycles. The first kappa shape index (κ1) is 21.5. The quantitative estimate of drug-likeness (QED) is 0.516. The molecule has 0 unspecified atom stereocenters. The summed E-state index contributed by atoms with van der Waals surface area (Å²) in [4.78, 5) is 27.4. The number of anilines is 1. The van der Waals surface area contributed by atoms with Crippen molar-refractivity contribution in [3.63, 3.8) is 0 Å². The topological polar surface area (TPSA) is 49.4 Å². The standard InChI is InChI=1S/C22H24F2N2O2S/c1-15-2-4-16(5-3-15)21(28)17-10-12-26(13-11-17)14-20(27)25-18-6-8-19(9-7-18)29-22(23)24/h2-9,17,22H,10-14H2,1H3,(H,25,27). The molecule has 1 heterocycles. The second kappa shape index (κ2) is 9.98. The van der Waals surface area contributed by atoms with Gasteiger partial charge in [0.05, 0.1) is 6.54 Å².